The number of anilines is 1. The van der Waals surface area contributed by atoms with Crippen molar-refractivity contribution in [2.24, 2.45) is 5.10 Å². The molecule has 2 aromatic heterocycles. The van der Waals surface area contributed by atoms with E-state index >= 15 is 0 Å². The highest BCUT2D eigenvalue weighted by Crippen LogP contribution is 2.24. The zero-order valence-electron chi connectivity index (χ0n) is 15.7. The van der Waals surface area contributed by atoms with E-state index in [1.165, 1.54) is 6.21 Å². The van der Waals surface area contributed by atoms with Gasteiger partial charge >= 0.3 is 11.2 Å². The van der Waals surface area contributed by atoms with Crippen LogP contribution in [0.4, 0.5) is 5.69 Å². The molecule has 2 aromatic carbocycles. The molecule has 0 aliphatic rings. The number of H-pyrrole nitrogens is 2. The number of hydrogen-bond acceptors (Lipinski definition) is 5. The lowest BCUT2D eigenvalue weighted by molar-refractivity contribution is 0.415. The van der Waals surface area contributed by atoms with Crippen molar-refractivity contribution >= 4 is 33.8 Å². The van der Waals surface area contributed by atoms with Gasteiger partial charge in [-0.25, -0.2) is 4.79 Å². The van der Waals surface area contributed by atoms with Crippen molar-refractivity contribution in [1.29, 1.82) is 0 Å². The van der Waals surface area contributed by atoms with Crippen molar-refractivity contribution in [1.82, 2.24) is 14.6 Å². The van der Waals surface area contributed by atoms with E-state index in [2.05, 4.69) is 15.1 Å². The third-order valence-corrected chi connectivity index (χ3v) is 4.57. The molecule has 28 heavy (non-hydrogen) atoms. The number of fused-ring (bicyclic) bond motifs is 3. The highest BCUT2D eigenvalue weighted by atomic mass is 16.5. The van der Waals surface area contributed by atoms with E-state index in [0.29, 0.717) is 16.8 Å². The predicted molar refractivity (Wildman–Crippen MR) is 111 cm³/mol. The van der Waals surface area contributed by atoms with E-state index in [4.69, 9.17) is 4.74 Å². The molecule has 2 N–H and O–H groups in total. The summed E-state index contributed by atoms with van der Waals surface area (Å²) in [7, 11) is 5.47. The van der Waals surface area contributed by atoms with Gasteiger partial charge in [-0.1, -0.05) is 12.1 Å². The number of methoxy groups -OCH3 is 1. The Morgan fingerprint density at radius 1 is 1.04 bits per heavy atom. The Labute approximate surface area is 159 Å². The summed E-state index contributed by atoms with van der Waals surface area (Å²) in [5, 5.41) is 4.82. The first-order valence-corrected chi connectivity index (χ1v) is 8.64. The first-order valence-electron chi connectivity index (χ1n) is 8.64. The SMILES string of the molecule is COc1ccc2c(c1)[nH]c1c(=O)n(/N=C\c3ccc(N(C)C)cc3)c(=O)[nH]c12. The monoisotopic (exact) mass is 377 g/mol. The van der Waals surface area contributed by atoms with Crippen LogP contribution in [0.25, 0.3) is 21.9 Å². The number of nitrogens with one attached hydrogen (secondary N) is 2. The van der Waals surface area contributed by atoms with Gasteiger partial charge < -0.3 is 19.6 Å². The normalized spacial score (nSPS) is 11.5. The molecular formula is C20H19N5O3. The first-order chi connectivity index (χ1) is 13.5. The molecule has 0 aliphatic heterocycles. The second-order valence-corrected chi connectivity index (χ2v) is 6.56. The number of ether oxygens (including phenoxy) is 1. The Bertz CT molecular complexity index is 1310. The lowest BCUT2D eigenvalue weighted by Crippen LogP contribution is -2.32. The van der Waals surface area contributed by atoms with Gasteiger partial charge in [0.25, 0.3) is 0 Å². The zero-order chi connectivity index (χ0) is 19.8. The standard InChI is InChI=1S/C20H19N5O3/c1-24(2)13-6-4-12(5-7-13)11-21-25-19(26)18-17(23-20(25)27)15-9-8-14(28-3)10-16(15)22-18/h4-11,22H,1-3H3,(H,23,27)/b21-11-. The third-order valence-electron chi connectivity index (χ3n) is 4.57. The van der Waals surface area contributed by atoms with E-state index < -0.39 is 11.2 Å². The number of aromatic nitrogens is 3. The molecule has 0 saturated heterocycles. The van der Waals surface area contributed by atoms with E-state index in [9.17, 15) is 9.59 Å². The molecule has 0 spiro atoms. The summed E-state index contributed by atoms with van der Waals surface area (Å²) < 4.78 is 6.02. The maximum absolute atomic E-state index is 12.8. The fourth-order valence-corrected chi connectivity index (χ4v) is 3.04. The summed E-state index contributed by atoms with van der Waals surface area (Å²) in [4.78, 5) is 33.0. The Morgan fingerprint density at radius 2 is 1.79 bits per heavy atom. The van der Waals surface area contributed by atoms with Gasteiger partial charge in [0.15, 0.2) is 0 Å². The molecule has 0 aliphatic carbocycles. The minimum absolute atomic E-state index is 0.281. The second-order valence-electron chi connectivity index (χ2n) is 6.56. The number of nitrogens with zero attached hydrogens (tertiary/aromatic N) is 3. The van der Waals surface area contributed by atoms with E-state index in [1.54, 1.807) is 25.3 Å². The van der Waals surface area contributed by atoms with E-state index in [0.717, 1.165) is 21.3 Å². The minimum atomic E-state index is -0.602. The largest absolute Gasteiger partial charge is 0.497 e. The lowest BCUT2D eigenvalue weighted by Gasteiger charge is -2.11. The number of benzene rings is 2. The molecule has 4 aromatic rings. The second kappa shape index (κ2) is 6.73. The maximum atomic E-state index is 12.8. The van der Waals surface area contributed by atoms with Crippen LogP contribution in [-0.4, -0.2) is 42.1 Å². The molecule has 0 atom stereocenters. The molecule has 0 bridgehead atoms. The molecule has 0 radical (unpaired) electrons. The maximum Gasteiger partial charge on any atom is 0.350 e. The number of hydrogen-bond donors (Lipinski definition) is 2. The highest BCUT2D eigenvalue weighted by Gasteiger charge is 2.13. The molecule has 142 valence electrons. The van der Waals surface area contributed by atoms with Crippen LogP contribution >= 0.6 is 0 Å². The Kier molecular flexibility index (Phi) is 4.23. The van der Waals surface area contributed by atoms with Crippen LogP contribution in [-0.2, 0) is 0 Å². The van der Waals surface area contributed by atoms with Crippen molar-refractivity contribution < 1.29 is 4.74 Å². The van der Waals surface area contributed by atoms with Crippen LogP contribution < -0.4 is 20.9 Å². The van der Waals surface area contributed by atoms with Crippen molar-refractivity contribution in [3.8, 4) is 5.75 Å². The molecule has 0 fully saturated rings. The van der Waals surface area contributed by atoms with Crippen LogP contribution in [0, 0.1) is 0 Å². The molecule has 0 saturated carbocycles. The quantitative estimate of drug-likeness (QED) is 0.533. The topological polar surface area (TPSA) is 95.5 Å². The van der Waals surface area contributed by atoms with Gasteiger partial charge in [0.1, 0.15) is 11.3 Å². The average molecular weight is 377 g/mol. The van der Waals surface area contributed by atoms with E-state index in [-0.39, 0.29) is 5.52 Å². The lowest BCUT2D eigenvalue weighted by atomic mass is 10.2. The van der Waals surface area contributed by atoms with Gasteiger partial charge in [-0.2, -0.15) is 5.10 Å². The zero-order valence-corrected chi connectivity index (χ0v) is 15.7. The Hall–Kier alpha value is -3.81. The summed E-state index contributed by atoms with van der Waals surface area (Å²) in [6.45, 7) is 0. The molecule has 0 amide bonds. The van der Waals surface area contributed by atoms with Crippen LogP contribution in [0.1, 0.15) is 5.56 Å². The number of rotatable bonds is 4. The van der Waals surface area contributed by atoms with Crippen LogP contribution in [0.2, 0.25) is 0 Å². The fraction of sp³-hybridized carbons (Fsp3) is 0.150. The smallest absolute Gasteiger partial charge is 0.350 e. The van der Waals surface area contributed by atoms with Gasteiger partial charge in [-0.05, 0) is 29.8 Å². The van der Waals surface area contributed by atoms with Gasteiger partial charge in [0.05, 0.1) is 24.4 Å². The van der Waals surface area contributed by atoms with Crippen molar-refractivity contribution in [2.45, 2.75) is 0 Å². The molecule has 2 heterocycles. The highest BCUT2D eigenvalue weighted by molar-refractivity contribution is 6.04. The molecule has 8 heteroatoms. The first kappa shape index (κ1) is 17.6. The fourth-order valence-electron chi connectivity index (χ4n) is 3.04. The van der Waals surface area contributed by atoms with Gasteiger partial charge in [-0.3, -0.25) is 4.79 Å². The summed E-state index contributed by atoms with van der Waals surface area (Å²) in [5.74, 6) is 0.654. The molecule has 0 unspecified atom stereocenters. The van der Waals surface area contributed by atoms with Gasteiger partial charge in [0.2, 0.25) is 0 Å². The van der Waals surface area contributed by atoms with Gasteiger partial charge in [0, 0.05) is 31.2 Å². The summed E-state index contributed by atoms with van der Waals surface area (Å²) in [6, 6.07) is 12.9. The Morgan fingerprint density at radius 3 is 2.46 bits per heavy atom. The minimum Gasteiger partial charge on any atom is -0.497 e. The van der Waals surface area contributed by atoms with Crippen LogP contribution in [0.3, 0.4) is 0 Å². The molecular weight excluding hydrogens is 358 g/mol. The third kappa shape index (κ3) is 2.94. The van der Waals surface area contributed by atoms with Crippen molar-refractivity contribution in [2.75, 3.05) is 26.1 Å². The number of aromatic amines is 2. The predicted octanol–water partition coefficient (Wildman–Crippen LogP) is 2.13. The average Bonchev–Trinajstić information content (AvgIpc) is 3.06. The van der Waals surface area contributed by atoms with Crippen LogP contribution in [0.15, 0.2) is 57.2 Å². The molecule has 4 rings (SSSR count). The van der Waals surface area contributed by atoms with Crippen LogP contribution in [0.5, 0.6) is 5.75 Å². The van der Waals surface area contributed by atoms with Crippen molar-refractivity contribution in [3.05, 3.63) is 68.9 Å². The Balaban J connectivity index is 1.80. The summed E-state index contributed by atoms with van der Waals surface area (Å²) >= 11 is 0. The molecule has 8 nitrogen and oxygen atoms in total. The van der Waals surface area contributed by atoms with Gasteiger partial charge in [-0.15, -0.1) is 4.68 Å². The summed E-state index contributed by atoms with van der Waals surface area (Å²) in [5.41, 5.74) is 2.13. The van der Waals surface area contributed by atoms with Crippen molar-refractivity contribution in [3.63, 3.8) is 0 Å². The summed E-state index contributed by atoms with van der Waals surface area (Å²) in [6.07, 6.45) is 1.48. The van der Waals surface area contributed by atoms with E-state index in [1.807, 2.05) is 43.3 Å².